The fraction of sp³-hybridized carbons (Fsp3) is 0.417. The van der Waals surface area contributed by atoms with Gasteiger partial charge in [-0.05, 0) is 31.5 Å². The Labute approximate surface area is 93.5 Å². The summed E-state index contributed by atoms with van der Waals surface area (Å²) in [5, 5.41) is 9.57. The number of anilines is 1. The molecule has 16 heavy (non-hydrogen) atoms. The maximum absolute atomic E-state index is 13.1. The lowest BCUT2D eigenvalue weighted by atomic mass is 10.1. The molecule has 0 radical (unpaired) electrons. The molecule has 2 rings (SSSR count). The van der Waals surface area contributed by atoms with E-state index in [1.807, 2.05) is 0 Å². The molecule has 0 saturated carbocycles. The molecule has 4 heteroatoms. The van der Waals surface area contributed by atoms with Gasteiger partial charge in [0.2, 0.25) is 5.91 Å². The first-order valence-electron chi connectivity index (χ1n) is 5.37. The van der Waals surface area contributed by atoms with Crippen molar-refractivity contribution >= 4 is 11.6 Å². The van der Waals surface area contributed by atoms with E-state index in [1.54, 1.807) is 17.9 Å². The van der Waals surface area contributed by atoms with Gasteiger partial charge in [0, 0.05) is 24.2 Å². The van der Waals surface area contributed by atoms with Gasteiger partial charge in [-0.15, -0.1) is 0 Å². The molecular formula is C12H14FNO2. The Hall–Kier alpha value is -1.42. The number of amides is 1. The molecule has 1 atom stereocenters. The number of carbonyl (C=O) groups excluding carboxylic acids is 1. The second-order valence-electron chi connectivity index (χ2n) is 4.03. The number of aliphatic hydroxyl groups excluding tert-OH is 1. The Balaban J connectivity index is 2.43. The minimum absolute atomic E-state index is 0.0357. The Morgan fingerprint density at radius 1 is 1.50 bits per heavy atom. The summed E-state index contributed by atoms with van der Waals surface area (Å²) in [6.07, 6.45) is 0.561. The summed E-state index contributed by atoms with van der Waals surface area (Å²) >= 11 is 0. The Morgan fingerprint density at radius 2 is 2.25 bits per heavy atom. The number of carbonyl (C=O) groups is 1. The summed E-state index contributed by atoms with van der Waals surface area (Å²) in [5.41, 5.74) is 1.09. The van der Waals surface area contributed by atoms with Crippen LogP contribution >= 0.6 is 0 Å². The average Bonchev–Trinajstić information content (AvgIpc) is 2.64. The molecule has 1 fully saturated rings. The summed E-state index contributed by atoms with van der Waals surface area (Å²) in [4.78, 5) is 13.2. The van der Waals surface area contributed by atoms with Crippen LogP contribution < -0.4 is 4.90 Å². The standard InChI is InChI=1S/C12H14FNO2/c1-8(15)10-7-9(13)4-5-11(10)14-6-2-3-12(14)16/h4-5,7-8,15H,2-3,6H2,1H3. The lowest BCUT2D eigenvalue weighted by Gasteiger charge is -2.21. The zero-order valence-corrected chi connectivity index (χ0v) is 9.11. The summed E-state index contributed by atoms with van der Waals surface area (Å²) in [6, 6.07) is 4.15. The lowest BCUT2D eigenvalue weighted by Crippen LogP contribution is -2.25. The molecular weight excluding hydrogens is 209 g/mol. The van der Waals surface area contributed by atoms with E-state index < -0.39 is 11.9 Å². The van der Waals surface area contributed by atoms with Crippen molar-refractivity contribution in [1.29, 1.82) is 0 Å². The average molecular weight is 223 g/mol. The molecule has 0 bridgehead atoms. The molecule has 1 aliphatic rings. The van der Waals surface area contributed by atoms with E-state index in [-0.39, 0.29) is 5.91 Å². The fourth-order valence-corrected chi connectivity index (χ4v) is 2.01. The van der Waals surface area contributed by atoms with Crippen molar-refractivity contribution in [2.45, 2.75) is 25.9 Å². The highest BCUT2D eigenvalue weighted by molar-refractivity contribution is 5.96. The smallest absolute Gasteiger partial charge is 0.227 e. The van der Waals surface area contributed by atoms with Crippen molar-refractivity contribution < 1.29 is 14.3 Å². The predicted molar refractivity (Wildman–Crippen MR) is 58.6 cm³/mol. The highest BCUT2D eigenvalue weighted by Crippen LogP contribution is 2.30. The first kappa shape index (κ1) is 11.1. The monoisotopic (exact) mass is 223 g/mol. The first-order chi connectivity index (χ1) is 7.59. The number of hydrogen-bond donors (Lipinski definition) is 1. The van der Waals surface area contributed by atoms with Crippen LogP contribution in [0.2, 0.25) is 0 Å². The zero-order valence-electron chi connectivity index (χ0n) is 9.11. The maximum atomic E-state index is 13.1. The van der Waals surface area contributed by atoms with E-state index in [4.69, 9.17) is 0 Å². The summed E-state index contributed by atoms with van der Waals surface area (Å²) in [6.45, 7) is 2.21. The van der Waals surface area contributed by atoms with Crippen molar-refractivity contribution in [3.05, 3.63) is 29.6 Å². The second-order valence-corrected chi connectivity index (χ2v) is 4.03. The van der Waals surface area contributed by atoms with Gasteiger partial charge in [-0.2, -0.15) is 0 Å². The van der Waals surface area contributed by atoms with Gasteiger partial charge in [-0.3, -0.25) is 4.79 Å². The van der Waals surface area contributed by atoms with Gasteiger partial charge in [0.1, 0.15) is 5.82 Å². The summed E-state index contributed by atoms with van der Waals surface area (Å²) < 4.78 is 13.1. The molecule has 1 unspecified atom stereocenters. The van der Waals surface area contributed by atoms with Crippen LogP contribution in [0.4, 0.5) is 10.1 Å². The number of halogens is 1. The van der Waals surface area contributed by atoms with E-state index in [9.17, 15) is 14.3 Å². The van der Waals surface area contributed by atoms with Crippen LogP contribution in [0.15, 0.2) is 18.2 Å². The predicted octanol–water partition coefficient (Wildman–Crippen LogP) is 2.01. The number of benzene rings is 1. The number of nitrogens with zero attached hydrogens (tertiary/aromatic N) is 1. The van der Waals surface area contributed by atoms with Gasteiger partial charge in [0.25, 0.3) is 0 Å². The van der Waals surface area contributed by atoms with Crippen LogP contribution in [0, 0.1) is 5.82 Å². The third kappa shape index (κ3) is 1.93. The molecule has 3 nitrogen and oxygen atoms in total. The third-order valence-corrected chi connectivity index (χ3v) is 2.80. The highest BCUT2D eigenvalue weighted by Gasteiger charge is 2.25. The first-order valence-corrected chi connectivity index (χ1v) is 5.37. The molecule has 1 aromatic carbocycles. The van der Waals surface area contributed by atoms with Crippen molar-refractivity contribution in [2.75, 3.05) is 11.4 Å². The topological polar surface area (TPSA) is 40.5 Å². The second kappa shape index (κ2) is 4.22. The van der Waals surface area contributed by atoms with E-state index in [0.29, 0.717) is 24.2 Å². The quantitative estimate of drug-likeness (QED) is 0.833. The molecule has 0 aliphatic carbocycles. The van der Waals surface area contributed by atoms with E-state index >= 15 is 0 Å². The summed E-state index contributed by atoms with van der Waals surface area (Å²) in [7, 11) is 0. The number of aliphatic hydroxyl groups is 1. The lowest BCUT2D eigenvalue weighted by molar-refractivity contribution is -0.117. The minimum Gasteiger partial charge on any atom is -0.389 e. The molecule has 1 aromatic rings. The SMILES string of the molecule is CC(O)c1cc(F)ccc1N1CCCC1=O. The molecule has 0 spiro atoms. The van der Waals surface area contributed by atoms with Gasteiger partial charge in [-0.1, -0.05) is 0 Å². The molecule has 1 aliphatic heterocycles. The fourth-order valence-electron chi connectivity index (χ4n) is 2.01. The Bertz CT molecular complexity index is 417. The zero-order chi connectivity index (χ0) is 11.7. The maximum Gasteiger partial charge on any atom is 0.227 e. The molecule has 1 heterocycles. The minimum atomic E-state index is -0.779. The van der Waals surface area contributed by atoms with Crippen LogP contribution in [-0.2, 0) is 4.79 Å². The van der Waals surface area contributed by atoms with Gasteiger partial charge in [-0.25, -0.2) is 4.39 Å². The largest absolute Gasteiger partial charge is 0.389 e. The van der Waals surface area contributed by atoms with Crippen molar-refractivity contribution in [1.82, 2.24) is 0 Å². The van der Waals surface area contributed by atoms with Gasteiger partial charge in [0.05, 0.1) is 6.10 Å². The van der Waals surface area contributed by atoms with Crippen LogP contribution in [0.3, 0.4) is 0 Å². The number of rotatable bonds is 2. The van der Waals surface area contributed by atoms with E-state index in [0.717, 1.165) is 6.42 Å². The summed E-state index contributed by atoms with van der Waals surface area (Å²) in [5.74, 6) is -0.361. The molecule has 1 amide bonds. The normalized spacial score (nSPS) is 17.9. The van der Waals surface area contributed by atoms with Crippen LogP contribution in [0.1, 0.15) is 31.4 Å². The van der Waals surface area contributed by atoms with Crippen molar-refractivity contribution in [3.63, 3.8) is 0 Å². The van der Waals surface area contributed by atoms with Gasteiger partial charge in [0.15, 0.2) is 0 Å². The highest BCUT2D eigenvalue weighted by atomic mass is 19.1. The van der Waals surface area contributed by atoms with Crippen LogP contribution in [0.25, 0.3) is 0 Å². The Morgan fingerprint density at radius 3 is 2.81 bits per heavy atom. The van der Waals surface area contributed by atoms with E-state index in [1.165, 1.54) is 12.1 Å². The van der Waals surface area contributed by atoms with Gasteiger partial charge < -0.3 is 10.0 Å². The third-order valence-electron chi connectivity index (χ3n) is 2.80. The Kier molecular flexibility index (Phi) is 2.92. The van der Waals surface area contributed by atoms with Crippen molar-refractivity contribution in [3.8, 4) is 0 Å². The van der Waals surface area contributed by atoms with Crippen LogP contribution in [-0.4, -0.2) is 17.6 Å². The van der Waals surface area contributed by atoms with Crippen LogP contribution in [0.5, 0.6) is 0 Å². The number of hydrogen-bond acceptors (Lipinski definition) is 2. The molecule has 0 aromatic heterocycles. The molecule has 1 saturated heterocycles. The molecule has 86 valence electrons. The molecule has 1 N–H and O–H groups in total. The van der Waals surface area contributed by atoms with Gasteiger partial charge >= 0.3 is 0 Å². The van der Waals surface area contributed by atoms with E-state index in [2.05, 4.69) is 0 Å². The van der Waals surface area contributed by atoms with Crippen molar-refractivity contribution in [2.24, 2.45) is 0 Å².